The predicted molar refractivity (Wildman–Crippen MR) is 55.2 cm³/mol. The highest BCUT2D eigenvalue weighted by molar-refractivity contribution is 7.89. The molecule has 6 heteroatoms. The molecular weight excluding hydrogens is 219 g/mol. The minimum atomic E-state index is -3.66. The topological polar surface area (TPSA) is 72.2 Å². The van der Waals surface area contributed by atoms with Gasteiger partial charge < -0.3 is 5.73 Å². The molecule has 0 aromatic heterocycles. The lowest BCUT2D eigenvalue weighted by molar-refractivity contribution is 0.560. The summed E-state index contributed by atoms with van der Waals surface area (Å²) in [6, 6.07) is 4.45. The number of hydrogen-bond acceptors (Lipinski definition) is 3. The van der Waals surface area contributed by atoms with Gasteiger partial charge in [0.25, 0.3) is 0 Å². The number of hydrogen-bond donors (Lipinski definition) is 2. The summed E-state index contributed by atoms with van der Waals surface area (Å²) in [6.07, 6.45) is 0. The van der Waals surface area contributed by atoms with Crippen LogP contribution in [0, 0.1) is 5.82 Å². The van der Waals surface area contributed by atoms with Crippen LogP contribution in [0.3, 0.4) is 0 Å². The largest absolute Gasteiger partial charge is 0.329 e. The van der Waals surface area contributed by atoms with Crippen LogP contribution < -0.4 is 10.5 Å². The third-order valence-corrected chi connectivity index (χ3v) is 3.40. The lowest BCUT2D eigenvalue weighted by Gasteiger charge is -2.11. The summed E-state index contributed by atoms with van der Waals surface area (Å²) in [5.41, 5.74) is 5.29. The van der Waals surface area contributed by atoms with E-state index in [2.05, 4.69) is 4.72 Å². The summed E-state index contributed by atoms with van der Waals surface area (Å²) < 4.78 is 38.4. The lowest BCUT2D eigenvalue weighted by atomic mass is 10.4. The Morgan fingerprint density at radius 3 is 2.73 bits per heavy atom. The monoisotopic (exact) mass is 232 g/mol. The molecule has 0 unspecified atom stereocenters. The second-order valence-electron chi connectivity index (χ2n) is 3.22. The molecule has 1 atom stereocenters. The maximum absolute atomic E-state index is 12.8. The summed E-state index contributed by atoms with van der Waals surface area (Å²) in [5.74, 6) is -0.585. The molecule has 0 aliphatic carbocycles. The Bertz CT molecular complexity index is 433. The molecule has 0 saturated heterocycles. The molecule has 1 aromatic rings. The fourth-order valence-electron chi connectivity index (χ4n) is 1.02. The molecule has 1 rings (SSSR count). The molecule has 0 aliphatic rings. The highest BCUT2D eigenvalue weighted by Gasteiger charge is 2.16. The van der Waals surface area contributed by atoms with E-state index in [0.29, 0.717) is 0 Å². The molecule has 0 amide bonds. The van der Waals surface area contributed by atoms with Gasteiger partial charge in [-0.05, 0) is 25.1 Å². The second-order valence-corrected chi connectivity index (χ2v) is 4.93. The van der Waals surface area contributed by atoms with E-state index in [1.165, 1.54) is 18.2 Å². The van der Waals surface area contributed by atoms with Gasteiger partial charge in [-0.2, -0.15) is 0 Å². The number of nitrogens with two attached hydrogens (primary N) is 1. The van der Waals surface area contributed by atoms with Crippen molar-refractivity contribution in [3.8, 4) is 0 Å². The maximum atomic E-state index is 12.8. The van der Waals surface area contributed by atoms with Crippen LogP contribution in [0.4, 0.5) is 4.39 Å². The van der Waals surface area contributed by atoms with Crippen molar-refractivity contribution in [3.63, 3.8) is 0 Å². The SMILES string of the molecule is C[C@@H](CN)NS(=O)(=O)c1cccc(F)c1. The Kier molecular flexibility index (Phi) is 3.78. The van der Waals surface area contributed by atoms with E-state index in [-0.39, 0.29) is 17.5 Å². The van der Waals surface area contributed by atoms with Crippen LogP contribution in [0.2, 0.25) is 0 Å². The average molecular weight is 232 g/mol. The normalized spacial score (nSPS) is 13.8. The first kappa shape index (κ1) is 12.1. The van der Waals surface area contributed by atoms with Gasteiger partial charge in [0, 0.05) is 12.6 Å². The third kappa shape index (κ3) is 3.26. The molecule has 0 radical (unpaired) electrons. The predicted octanol–water partition coefficient (Wildman–Crippen LogP) is 0.451. The molecule has 1 aromatic carbocycles. The van der Waals surface area contributed by atoms with Crippen LogP contribution in [0.5, 0.6) is 0 Å². The molecule has 0 bridgehead atoms. The molecule has 0 fully saturated rings. The first-order chi connectivity index (χ1) is 6.95. The number of sulfonamides is 1. The molecule has 0 saturated carbocycles. The summed E-state index contributed by atoms with van der Waals surface area (Å²) in [6.45, 7) is 1.82. The Labute approximate surface area is 88.3 Å². The standard InChI is InChI=1S/C9H13FN2O2S/c1-7(6-11)12-15(13,14)9-4-2-3-8(10)5-9/h2-5,7,12H,6,11H2,1H3/t7-/m0/s1. The van der Waals surface area contributed by atoms with Crippen LogP contribution in [-0.2, 0) is 10.0 Å². The molecular formula is C9H13FN2O2S. The van der Waals surface area contributed by atoms with Gasteiger partial charge in [0.1, 0.15) is 5.82 Å². The van der Waals surface area contributed by atoms with Crippen LogP contribution in [0.15, 0.2) is 29.2 Å². The van der Waals surface area contributed by atoms with Gasteiger partial charge in [-0.15, -0.1) is 0 Å². The van der Waals surface area contributed by atoms with Crippen molar-refractivity contribution in [1.29, 1.82) is 0 Å². The van der Waals surface area contributed by atoms with E-state index in [0.717, 1.165) is 6.07 Å². The fraction of sp³-hybridized carbons (Fsp3) is 0.333. The number of halogens is 1. The number of nitrogens with one attached hydrogen (secondary N) is 1. The highest BCUT2D eigenvalue weighted by Crippen LogP contribution is 2.10. The van der Waals surface area contributed by atoms with Crippen molar-refractivity contribution in [2.24, 2.45) is 5.73 Å². The number of benzene rings is 1. The zero-order chi connectivity index (χ0) is 11.5. The Morgan fingerprint density at radius 2 is 2.20 bits per heavy atom. The van der Waals surface area contributed by atoms with E-state index >= 15 is 0 Å². The van der Waals surface area contributed by atoms with Gasteiger partial charge in [0.2, 0.25) is 10.0 Å². The smallest absolute Gasteiger partial charge is 0.240 e. The van der Waals surface area contributed by atoms with Gasteiger partial charge in [0.05, 0.1) is 4.90 Å². The fourth-order valence-corrected chi connectivity index (χ4v) is 2.30. The Morgan fingerprint density at radius 1 is 1.53 bits per heavy atom. The molecule has 0 heterocycles. The van der Waals surface area contributed by atoms with Gasteiger partial charge in [0.15, 0.2) is 0 Å². The lowest BCUT2D eigenvalue weighted by Crippen LogP contribution is -2.37. The zero-order valence-corrected chi connectivity index (χ0v) is 9.09. The van der Waals surface area contributed by atoms with Crippen molar-refractivity contribution < 1.29 is 12.8 Å². The van der Waals surface area contributed by atoms with Gasteiger partial charge in [-0.3, -0.25) is 0 Å². The van der Waals surface area contributed by atoms with E-state index < -0.39 is 15.8 Å². The van der Waals surface area contributed by atoms with Crippen molar-refractivity contribution in [2.45, 2.75) is 17.9 Å². The van der Waals surface area contributed by atoms with Gasteiger partial charge in [-0.25, -0.2) is 17.5 Å². The summed E-state index contributed by atoms with van der Waals surface area (Å²) in [5, 5.41) is 0. The molecule has 0 spiro atoms. The van der Waals surface area contributed by atoms with E-state index in [9.17, 15) is 12.8 Å². The minimum absolute atomic E-state index is 0.0946. The number of rotatable bonds is 4. The van der Waals surface area contributed by atoms with Crippen LogP contribution in [0.25, 0.3) is 0 Å². The molecule has 0 aliphatic heterocycles. The summed E-state index contributed by atoms with van der Waals surface area (Å²) >= 11 is 0. The molecule has 3 N–H and O–H groups in total. The summed E-state index contributed by atoms with van der Waals surface area (Å²) in [7, 11) is -3.66. The highest BCUT2D eigenvalue weighted by atomic mass is 32.2. The second kappa shape index (κ2) is 4.69. The van der Waals surface area contributed by atoms with Crippen LogP contribution in [0.1, 0.15) is 6.92 Å². The zero-order valence-electron chi connectivity index (χ0n) is 8.27. The summed E-state index contributed by atoms with van der Waals surface area (Å²) in [4.78, 5) is -0.0946. The van der Waals surface area contributed by atoms with Crippen molar-refractivity contribution in [3.05, 3.63) is 30.1 Å². The molecule has 84 valence electrons. The van der Waals surface area contributed by atoms with Crippen LogP contribution >= 0.6 is 0 Å². The molecule has 4 nitrogen and oxygen atoms in total. The van der Waals surface area contributed by atoms with E-state index in [4.69, 9.17) is 5.73 Å². The van der Waals surface area contributed by atoms with Crippen molar-refractivity contribution in [1.82, 2.24) is 4.72 Å². The molecule has 15 heavy (non-hydrogen) atoms. The van der Waals surface area contributed by atoms with E-state index in [1.807, 2.05) is 0 Å². The quantitative estimate of drug-likeness (QED) is 0.791. The Balaban J connectivity index is 2.96. The third-order valence-electron chi connectivity index (χ3n) is 1.82. The van der Waals surface area contributed by atoms with E-state index in [1.54, 1.807) is 6.92 Å². The van der Waals surface area contributed by atoms with Crippen molar-refractivity contribution >= 4 is 10.0 Å². The first-order valence-electron chi connectivity index (χ1n) is 4.43. The van der Waals surface area contributed by atoms with Crippen molar-refractivity contribution in [2.75, 3.05) is 6.54 Å². The van der Waals surface area contributed by atoms with Gasteiger partial charge in [-0.1, -0.05) is 6.07 Å². The first-order valence-corrected chi connectivity index (χ1v) is 5.92. The Hall–Kier alpha value is -0.980. The average Bonchev–Trinajstić information content (AvgIpc) is 2.17. The minimum Gasteiger partial charge on any atom is -0.329 e. The maximum Gasteiger partial charge on any atom is 0.240 e. The van der Waals surface area contributed by atoms with Gasteiger partial charge >= 0.3 is 0 Å². The van der Waals surface area contributed by atoms with Crippen LogP contribution in [-0.4, -0.2) is 21.0 Å².